The van der Waals surface area contributed by atoms with Gasteiger partial charge in [-0.1, -0.05) is 0 Å². The van der Waals surface area contributed by atoms with Crippen molar-refractivity contribution in [1.82, 2.24) is 0 Å². The molecule has 0 aliphatic rings. The number of halogens is 1. The van der Waals surface area contributed by atoms with Crippen LogP contribution in [0.25, 0.3) is 0 Å². The average molecular weight is 212 g/mol. The Kier molecular flexibility index (Phi) is 3.52. The first-order valence-corrected chi connectivity index (χ1v) is 4.80. The van der Waals surface area contributed by atoms with Gasteiger partial charge in [-0.15, -0.1) is 0 Å². The van der Waals surface area contributed by atoms with Crippen LogP contribution in [0.3, 0.4) is 0 Å². The third-order valence-corrected chi connectivity index (χ3v) is 2.16. The first-order chi connectivity index (χ1) is 6.98. The fraction of sp³-hybridized carbons (Fsp3) is 0.455. The number of anilines is 1. The minimum atomic E-state index is -0.340. The Labute approximate surface area is 89.4 Å². The molecule has 3 nitrogen and oxygen atoms in total. The van der Waals surface area contributed by atoms with E-state index in [-0.39, 0.29) is 11.4 Å². The fourth-order valence-corrected chi connectivity index (χ4v) is 1.14. The van der Waals surface area contributed by atoms with Crippen LogP contribution in [0.2, 0.25) is 0 Å². The molecular weight excluding hydrogens is 195 g/mol. The lowest BCUT2D eigenvalue weighted by atomic mass is 10.1. The topological polar surface area (TPSA) is 47.3 Å². The second-order valence-corrected chi connectivity index (χ2v) is 4.06. The second-order valence-electron chi connectivity index (χ2n) is 4.06. The predicted molar refractivity (Wildman–Crippen MR) is 59.7 cm³/mol. The monoisotopic (exact) mass is 212 g/mol. The lowest BCUT2D eigenvalue weighted by Gasteiger charge is -2.26. The lowest BCUT2D eigenvalue weighted by Crippen LogP contribution is -2.39. The molecule has 0 fully saturated rings. The number of benzene rings is 1. The Balaban J connectivity index is 2.93. The Bertz CT molecular complexity index is 339. The van der Waals surface area contributed by atoms with Gasteiger partial charge in [0.15, 0.2) is 0 Å². The predicted octanol–water partition coefficient (Wildman–Crippen LogP) is 1.98. The van der Waals surface area contributed by atoms with Crippen LogP contribution >= 0.6 is 0 Å². The van der Waals surface area contributed by atoms with E-state index in [4.69, 9.17) is 10.5 Å². The zero-order valence-corrected chi connectivity index (χ0v) is 9.30. The number of rotatable bonds is 4. The van der Waals surface area contributed by atoms with Crippen molar-refractivity contribution in [3.8, 4) is 5.75 Å². The van der Waals surface area contributed by atoms with Gasteiger partial charge in [0.25, 0.3) is 0 Å². The van der Waals surface area contributed by atoms with E-state index in [0.29, 0.717) is 18.0 Å². The third kappa shape index (κ3) is 3.09. The van der Waals surface area contributed by atoms with Crippen LogP contribution in [0.4, 0.5) is 10.1 Å². The highest BCUT2D eigenvalue weighted by Gasteiger charge is 2.17. The molecule has 84 valence electrons. The van der Waals surface area contributed by atoms with Gasteiger partial charge in [-0.2, -0.15) is 0 Å². The van der Waals surface area contributed by atoms with Crippen molar-refractivity contribution in [1.29, 1.82) is 0 Å². The normalized spacial score (nSPS) is 11.3. The second kappa shape index (κ2) is 4.49. The minimum absolute atomic E-state index is 0.308. The van der Waals surface area contributed by atoms with Gasteiger partial charge in [0, 0.05) is 18.2 Å². The smallest absolute Gasteiger partial charge is 0.146 e. The van der Waals surface area contributed by atoms with Gasteiger partial charge in [0.05, 0.1) is 12.8 Å². The van der Waals surface area contributed by atoms with Gasteiger partial charge in [-0.05, 0) is 26.0 Å². The van der Waals surface area contributed by atoms with Crippen LogP contribution < -0.4 is 15.8 Å². The van der Waals surface area contributed by atoms with E-state index in [0.717, 1.165) is 0 Å². The highest BCUT2D eigenvalue weighted by molar-refractivity contribution is 5.51. The zero-order valence-electron chi connectivity index (χ0n) is 9.30. The number of methoxy groups -OCH3 is 1. The first-order valence-electron chi connectivity index (χ1n) is 4.80. The molecule has 4 heteroatoms. The van der Waals surface area contributed by atoms with Gasteiger partial charge in [-0.3, -0.25) is 0 Å². The summed E-state index contributed by atoms with van der Waals surface area (Å²) >= 11 is 0. The number of hydrogen-bond donors (Lipinski definition) is 2. The number of hydrogen-bond acceptors (Lipinski definition) is 3. The van der Waals surface area contributed by atoms with Crippen molar-refractivity contribution in [2.75, 3.05) is 19.0 Å². The maximum absolute atomic E-state index is 13.4. The van der Waals surface area contributed by atoms with Crippen LogP contribution in [-0.2, 0) is 0 Å². The highest BCUT2D eigenvalue weighted by atomic mass is 19.1. The van der Waals surface area contributed by atoms with Gasteiger partial charge in [0.2, 0.25) is 0 Å². The van der Waals surface area contributed by atoms with Crippen LogP contribution in [0.15, 0.2) is 18.2 Å². The van der Waals surface area contributed by atoms with Gasteiger partial charge in [-0.25, -0.2) is 4.39 Å². The molecule has 0 amide bonds. The minimum Gasteiger partial charge on any atom is -0.497 e. The molecule has 0 unspecified atom stereocenters. The number of nitrogens with two attached hydrogens (primary N) is 1. The van der Waals surface area contributed by atoms with Crippen molar-refractivity contribution in [2.24, 2.45) is 5.73 Å². The van der Waals surface area contributed by atoms with Gasteiger partial charge in [0.1, 0.15) is 11.6 Å². The molecule has 3 N–H and O–H groups in total. The van der Waals surface area contributed by atoms with Crippen LogP contribution in [0.5, 0.6) is 5.75 Å². The summed E-state index contributed by atoms with van der Waals surface area (Å²) in [6.07, 6.45) is 0. The summed E-state index contributed by atoms with van der Waals surface area (Å²) in [5.41, 5.74) is 5.63. The quantitative estimate of drug-likeness (QED) is 0.802. The van der Waals surface area contributed by atoms with E-state index in [1.807, 2.05) is 13.8 Å². The molecule has 1 aromatic carbocycles. The Morgan fingerprint density at radius 2 is 2.13 bits per heavy atom. The van der Waals surface area contributed by atoms with Crippen molar-refractivity contribution < 1.29 is 9.13 Å². The van der Waals surface area contributed by atoms with Crippen LogP contribution in [0, 0.1) is 5.82 Å². The molecule has 0 aromatic heterocycles. The summed E-state index contributed by atoms with van der Waals surface area (Å²) in [5.74, 6) is 0.309. The summed E-state index contributed by atoms with van der Waals surface area (Å²) in [4.78, 5) is 0. The maximum atomic E-state index is 13.4. The molecule has 0 aliphatic carbocycles. The Morgan fingerprint density at radius 3 is 2.67 bits per heavy atom. The molecule has 0 saturated carbocycles. The number of ether oxygens (including phenoxy) is 1. The van der Waals surface area contributed by atoms with Crippen molar-refractivity contribution in [3.63, 3.8) is 0 Å². The van der Waals surface area contributed by atoms with Crippen LogP contribution in [-0.4, -0.2) is 19.2 Å². The van der Waals surface area contributed by atoms with Crippen molar-refractivity contribution >= 4 is 5.69 Å². The third-order valence-electron chi connectivity index (χ3n) is 2.16. The van der Waals surface area contributed by atoms with E-state index >= 15 is 0 Å². The molecule has 0 atom stereocenters. The molecule has 1 aromatic rings. The SMILES string of the molecule is COc1ccc(F)c(NC(C)(C)CN)c1. The highest BCUT2D eigenvalue weighted by Crippen LogP contribution is 2.23. The molecule has 0 heterocycles. The van der Waals surface area contributed by atoms with E-state index in [1.165, 1.54) is 6.07 Å². The largest absolute Gasteiger partial charge is 0.497 e. The van der Waals surface area contributed by atoms with Gasteiger partial charge >= 0.3 is 0 Å². The summed E-state index contributed by atoms with van der Waals surface area (Å²) in [6.45, 7) is 4.24. The fourth-order valence-electron chi connectivity index (χ4n) is 1.14. The summed E-state index contributed by atoms with van der Waals surface area (Å²) < 4.78 is 18.4. The summed E-state index contributed by atoms with van der Waals surface area (Å²) in [5, 5.41) is 3.03. The molecular formula is C11H17FN2O. The summed E-state index contributed by atoms with van der Waals surface area (Å²) in [7, 11) is 1.55. The lowest BCUT2D eigenvalue weighted by molar-refractivity contribution is 0.413. The Hall–Kier alpha value is -1.29. The molecule has 0 saturated heterocycles. The van der Waals surface area contributed by atoms with Gasteiger partial charge < -0.3 is 15.8 Å². The molecule has 0 bridgehead atoms. The molecule has 0 aliphatic heterocycles. The standard InChI is InChI=1S/C11H17FN2O/c1-11(2,7-13)14-10-6-8(15-3)4-5-9(10)12/h4-6,14H,7,13H2,1-3H3. The summed E-state index contributed by atoms with van der Waals surface area (Å²) in [6, 6.07) is 4.57. The molecule has 15 heavy (non-hydrogen) atoms. The van der Waals surface area contributed by atoms with E-state index in [1.54, 1.807) is 19.2 Å². The molecule has 1 rings (SSSR count). The van der Waals surface area contributed by atoms with Crippen molar-refractivity contribution in [2.45, 2.75) is 19.4 Å². The average Bonchev–Trinajstić information content (AvgIpc) is 2.21. The molecule has 0 spiro atoms. The molecule has 0 radical (unpaired) electrons. The van der Waals surface area contributed by atoms with Crippen molar-refractivity contribution in [3.05, 3.63) is 24.0 Å². The first kappa shape index (κ1) is 11.8. The maximum Gasteiger partial charge on any atom is 0.146 e. The van der Waals surface area contributed by atoms with E-state index in [9.17, 15) is 4.39 Å². The number of nitrogens with one attached hydrogen (secondary N) is 1. The Morgan fingerprint density at radius 1 is 1.47 bits per heavy atom. The van der Waals surface area contributed by atoms with E-state index in [2.05, 4.69) is 5.32 Å². The van der Waals surface area contributed by atoms with Crippen LogP contribution in [0.1, 0.15) is 13.8 Å². The zero-order chi connectivity index (χ0) is 11.5. The van der Waals surface area contributed by atoms with E-state index < -0.39 is 0 Å².